The quantitative estimate of drug-likeness (QED) is 0.807. The van der Waals surface area contributed by atoms with Gasteiger partial charge in [0.1, 0.15) is 12.0 Å². The average Bonchev–Trinajstić information content (AvgIpc) is 2.66. The molecule has 1 atom stereocenters. The molecule has 0 aliphatic carbocycles. The summed E-state index contributed by atoms with van der Waals surface area (Å²) in [6.07, 6.45) is 2.44. The number of aryl methyl sites for hydroxylation is 1. The van der Waals surface area contributed by atoms with Crippen LogP contribution in [-0.2, 0) is 6.42 Å². The Morgan fingerprint density at radius 3 is 3.07 bits per heavy atom. The predicted octanol–water partition coefficient (Wildman–Crippen LogP) is 1.77. The van der Waals surface area contributed by atoms with E-state index in [0.717, 1.165) is 30.0 Å². The lowest BCUT2D eigenvalue weighted by molar-refractivity contribution is 0.364. The number of alkyl halides is 1. The van der Waals surface area contributed by atoms with Gasteiger partial charge in [0, 0.05) is 6.54 Å². The van der Waals surface area contributed by atoms with E-state index in [9.17, 15) is 4.39 Å². The number of pyridine rings is 1. The number of halogens is 1. The minimum atomic E-state index is -0.713. The van der Waals surface area contributed by atoms with Crippen LogP contribution in [0.3, 0.4) is 0 Å². The third kappa shape index (κ3) is 2.03. The van der Waals surface area contributed by atoms with Crippen LogP contribution in [0, 0.1) is 0 Å². The molecule has 3 nitrogen and oxygen atoms in total. The highest BCUT2D eigenvalue weighted by atomic mass is 19.1. The van der Waals surface area contributed by atoms with Gasteiger partial charge in [0.2, 0.25) is 0 Å². The molecule has 2 N–H and O–H groups in total. The molecule has 0 aromatic carbocycles. The summed E-state index contributed by atoms with van der Waals surface area (Å²) in [5, 5.41) is 0. The molecule has 2 rings (SSSR count). The van der Waals surface area contributed by atoms with E-state index in [1.165, 1.54) is 0 Å². The van der Waals surface area contributed by atoms with Crippen molar-refractivity contribution in [2.75, 3.05) is 23.7 Å². The summed E-state index contributed by atoms with van der Waals surface area (Å²) in [5.41, 5.74) is 7.58. The zero-order valence-electron chi connectivity index (χ0n) is 8.91. The lowest BCUT2D eigenvalue weighted by Crippen LogP contribution is -2.21. The number of hydrogen-bond acceptors (Lipinski definition) is 3. The van der Waals surface area contributed by atoms with Crippen LogP contribution in [-0.4, -0.2) is 24.2 Å². The molecule has 0 spiro atoms. The first kappa shape index (κ1) is 10.2. The van der Waals surface area contributed by atoms with E-state index in [-0.39, 0.29) is 0 Å². The number of aromatic nitrogens is 1. The average molecular weight is 209 g/mol. The largest absolute Gasteiger partial charge is 0.397 e. The molecule has 15 heavy (non-hydrogen) atoms. The highest BCUT2D eigenvalue weighted by Gasteiger charge is 2.22. The van der Waals surface area contributed by atoms with Crippen LogP contribution < -0.4 is 10.6 Å². The number of nitrogens with zero attached hydrogens (tertiary/aromatic N) is 2. The number of nitrogens with two attached hydrogens (primary N) is 1. The monoisotopic (exact) mass is 209 g/mol. The summed E-state index contributed by atoms with van der Waals surface area (Å²) in [5.74, 6) is 0.848. The van der Waals surface area contributed by atoms with E-state index in [1.54, 1.807) is 6.20 Å². The van der Waals surface area contributed by atoms with Crippen molar-refractivity contribution >= 4 is 11.5 Å². The van der Waals surface area contributed by atoms with Crippen LogP contribution in [0.5, 0.6) is 0 Å². The van der Waals surface area contributed by atoms with Crippen molar-refractivity contribution in [2.24, 2.45) is 0 Å². The van der Waals surface area contributed by atoms with Gasteiger partial charge in [-0.25, -0.2) is 9.37 Å². The van der Waals surface area contributed by atoms with Gasteiger partial charge in [-0.05, 0) is 24.5 Å². The van der Waals surface area contributed by atoms with Crippen molar-refractivity contribution < 1.29 is 4.39 Å². The first-order chi connectivity index (χ1) is 7.20. The van der Waals surface area contributed by atoms with E-state index < -0.39 is 6.17 Å². The lowest BCUT2D eigenvalue weighted by atomic mass is 10.2. The van der Waals surface area contributed by atoms with Crippen LogP contribution in [0.4, 0.5) is 15.9 Å². The highest BCUT2D eigenvalue weighted by molar-refractivity contribution is 5.53. The summed E-state index contributed by atoms with van der Waals surface area (Å²) < 4.78 is 13.0. The second-order valence-corrected chi connectivity index (χ2v) is 3.93. The van der Waals surface area contributed by atoms with Crippen LogP contribution in [0.15, 0.2) is 12.3 Å². The molecule has 0 radical (unpaired) electrons. The van der Waals surface area contributed by atoms with Crippen molar-refractivity contribution in [2.45, 2.75) is 25.9 Å². The Kier molecular flexibility index (Phi) is 2.75. The summed E-state index contributed by atoms with van der Waals surface area (Å²) in [6, 6.07) is 1.97. The molecule has 0 saturated carbocycles. The van der Waals surface area contributed by atoms with Gasteiger partial charge in [-0.1, -0.05) is 6.92 Å². The zero-order valence-corrected chi connectivity index (χ0v) is 8.91. The lowest BCUT2D eigenvalue weighted by Gasteiger charge is -2.17. The normalized spacial score (nSPS) is 20.9. The van der Waals surface area contributed by atoms with E-state index in [4.69, 9.17) is 5.73 Å². The summed E-state index contributed by atoms with van der Waals surface area (Å²) >= 11 is 0. The fourth-order valence-corrected chi connectivity index (χ4v) is 1.90. The Morgan fingerprint density at radius 2 is 2.47 bits per heavy atom. The van der Waals surface area contributed by atoms with Crippen LogP contribution in [0.2, 0.25) is 0 Å². The molecule has 1 aromatic rings. The standard InChI is InChI=1S/C11H16FN3/c1-2-8-5-11(14-6-10(8)13)15-4-3-9(12)7-15/h5-6,9H,2-4,7,13H2,1H3/t9-/m0/s1. The van der Waals surface area contributed by atoms with Crippen molar-refractivity contribution in [3.63, 3.8) is 0 Å². The molecule has 4 heteroatoms. The van der Waals surface area contributed by atoms with Crippen LogP contribution in [0.25, 0.3) is 0 Å². The molecule has 0 bridgehead atoms. The fourth-order valence-electron chi connectivity index (χ4n) is 1.90. The van der Waals surface area contributed by atoms with Crippen LogP contribution >= 0.6 is 0 Å². The molecular formula is C11H16FN3. The molecule has 82 valence electrons. The molecule has 0 amide bonds. The first-order valence-electron chi connectivity index (χ1n) is 5.34. The van der Waals surface area contributed by atoms with Crippen molar-refractivity contribution in [3.8, 4) is 0 Å². The van der Waals surface area contributed by atoms with Gasteiger partial charge in [0.25, 0.3) is 0 Å². The maximum absolute atomic E-state index is 13.0. The van der Waals surface area contributed by atoms with E-state index >= 15 is 0 Å². The van der Waals surface area contributed by atoms with Gasteiger partial charge in [-0.2, -0.15) is 0 Å². The zero-order chi connectivity index (χ0) is 10.8. The summed E-state index contributed by atoms with van der Waals surface area (Å²) in [6.45, 7) is 3.26. The molecule has 0 unspecified atom stereocenters. The van der Waals surface area contributed by atoms with Crippen molar-refractivity contribution in [1.29, 1.82) is 0 Å². The SMILES string of the molecule is CCc1cc(N2CC[C@H](F)C2)ncc1N. The third-order valence-electron chi connectivity index (χ3n) is 2.85. The van der Waals surface area contributed by atoms with Gasteiger partial charge >= 0.3 is 0 Å². The molecule has 1 aromatic heterocycles. The number of rotatable bonds is 2. The molecule has 1 saturated heterocycles. The molecule has 1 aliphatic rings. The smallest absolute Gasteiger partial charge is 0.129 e. The Morgan fingerprint density at radius 1 is 1.67 bits per heavy atom. The maximum Gasteiger partial charge on any atom is 0.129 e. The number of nitrogen functional groups attached to an aromatic ring is 1. The predicted molar refractivity (Wildman–Crippen MR) is 59.8 cm³/mol. The Hall–Kier alpha value is -1.32. The molecule has 2 heterocycles. The van der Waals surface area contributed by atoms with E-state index in [1.807, 2.05) is 11.0 Å². The topological polar surface area (TPSA) is 42.2 Å². The van der Waals surface area contributed by atoms with E-state index in [2.05, 4.69) is 11.9 Å². The number of hydrogen-bond donors (Lipinski definition) is 1. The third-order valence-corrected chi connectivity index (χ3v) is 2.85. The molecule has 1 fully saturated rings. The summed E-state index contributed by atoms with van der Waals surface area (Å²) in [7, 11) is 0. The Bertz CT molecular complexity index is 354. The maximum atomic E-state index is 13.0. The fraction of sp³-hybridized carbons (Fsp3) is 0.545. The Labute approximate surface area is 89.1 Å². The minimum absolute atomic E-state index is 0.458. The van der Waals surface area contributed by atoms with Gasteiger partial charge in [-0.15, -0.1) is 0 Å². The second kappa shape index (κ2) is 4.04. The molecule has 1 aliphatic heterocycles. The number of anilines is 2. The van der Waals surface area contributed by atoms with Gasteiger partial charge < -0.3 is 10.6 Å². The highest BCUT2D eigenvalue weighted by Crippen LogP contribution is 2.23. The van der Waals surface area contributed by atoms with Crippen molar-refractivity contribution in [3.05, 3.63) is 17.8 Å². The van der Waals surface area contributed by atoms with Gasteiger partial charge in [0.05, 0.1) is 18.4 Å². The Balaban J connectivity index is 2.21. The summed E-state index contributed by atoms with van der Waals surface area (Å²) in [4.78, 5) is 6.21. The van der Waals surface area contributed by atoms with Gasteiger partial charge in [0.15, 0.2) is 0 Å². The van der Waals surface area contributed by atoms with Crippen molar-refractivity contribution in [1.82, 2.24) is 4.98 Å². The first-order valence-corrected chi connectivity index (χ1v) is 5.34. The molecular weight excluding hydrogens is 193 g/mol. The van der Waals surface area contributed by atoms with Gasteiger partial charge in [-0.3, -0.25) is 0 Å². The second-order valence-electron chi connectivity index (χ2n) is 3.93. The minimum Gasteiger partial charge on any atom is -0.397 e. The van der Waals surface area contributed by atoms with Crippen LogP contribution in [0.1, 0.15) is 18.9 Å². The van der Waals surface area contributed by atoms with E-state index in [0.29, 0.717) is 13.0 Å².